The zero-order valence-electron chi connectivity index (χ0n) is 29.3. The van der Waals surface area contributed by atoms with Crippen LogP contribution in [0.25, 0.3) is 0 Å². The molecule has 0 N–H and O–H groups in total. The van der Waals surface area contributed by atoms with Crippen LogP contribution in [0.4, 0.5) is 0 Å². The first-order valence-electron chi connectivity index (χ1n) is 18.7. The van der Waals surface area contributed by atoms with Crippen LogP contribution < -0.4 is 6.15 Å². The topological polar surface area (TPSA) is 18.5 Å². The van der Waals surface area contributed by atoms with E-state index in [2.05, 4.69) is 77.9 Å². The number of aryl methyl sites for hydroxylation is 2. The maximum atomic E-state index is 7.55. The fourth-order valence-electron chi connectivity index (χ4n) is 6.45. The third-order valence-corrected chi connectivity index (χ3v) is 18.9. The Morgan fingerprint density at radius 1 is 0.442 bits per heavy atom. The number of hydrogen-bond donors (Lipinski definition) is 0. The molecule has 0 aliphatic carbocycles. The van der Waals surface area contributed by atoms with Crippen LogP contribution in [-0.4, -0.2) is 19.2 Å². The molecule has 0 atom stereocenters. The first-order chi connectivity index (χ1) is 21.1. The summed E-state index contributed by atoms with van der Waals surface area (Å²) < 4.78 is 17.4. The molecule has 0 aliphatic rings. The fourth-order valence-corrected chi connectivity index (χ4v) is 16.3. The van der Waals surface area contributed by atoms with Crippen molar-refractivity contribution in [2.45, 2.75) is 179 Å². The van der Waals surface area contributed by atoms with Crippen molar-refractivity contribution in [2.75, 3.05) is 0 Å². The van der Waals surface area contributed by atoms with E-state index in [0.29, 0.717) is 0 Å². The van der Waals surface area contributed by atoms with Gasteiger partial charge in [0, 0.05) is 0 Å². The first kappa shape index (κ1) is 38.0. The van der Waals surface area contributed by atoms with Gasteiger partial charge < -0.3 is 0 Å². The zero-order valence-corrected chi connectivity index (χ0v) is 32.2. The van der Waals surface area contributed by atoms with E-state index in [1.807, 2.05) is 0 Å². The molecule has 0 bridgehead atoms. The normalized spacial score (nSPS) is 11.7. The molecule has 0 aliphatic heterocycles. The summed E-state index contributed by atoms with van der Waals surface area (Å²) in [5.41, 5.74) is 5.83. The summed E-state index contributed by atoms with van der Waals surface area (Å²) >= 11 is -3.64. The first-order valence-corrected chi connectivity index (χ1v) is 25.0. The van der Waals surface area contributed by atoms with Crippen LogP contribution in [0.5, 0.6) is 11.5 Å². The molecule has 0 saturated carbocycles. The molecule has 0 heterocycles. The van der Waals surface area contributed by atoms with Gasteiger partial charge in [-0.15, -0.1) is 0 Å². The summed E-state index contributed by atoms with van der Waals surface area (Å²) in [7, 11) is 0. The van der Waals surface area contributed by atoms with Crippen molar-refractivity contribution in [2.24, 2.45) is 0 Å². The van der Waals surface area contributed by atoms with E-state index in [9.17, 15) is 0 Å². The second kappa shape index (κ2) is 23.2. The van der Waals surface area contributed by atoms with Crippen molar-refractivity contribution in [1.82, 2.24) is 0 Å². The maximum absolute atomic E-state index is 7.55. The second-order valence-corrected chi connectivity index (χ2v) is 22.1. The van der Waals surface area contributed by atoms with Gasteiger partial charge in [-0.05, 0) is 0 Å². The molecule has 2 nitrogen and oxygen atoms in total. The summed E-state index contributed by atoms with van der Waals surface area (Å²) in [5, 5.41) is 0. The molecule has 244 valence electrons. The summed E-state index contributed by atoms with van der Waals surface area (Å²) in [6.07, 6.45) is 25.0. The van der Waals surface area contributed by atoms with E-state index >= 15 is 0 Å². The van der Waals surface area contributed by atoms with Gasteiger partial charge in [0.2, 0.25) is 0 Å². The monoisotopic (exact) mass is 700 g/mol. The molecular formula is C40H68O2Sn. The Morgan fingerprint density at radius 2 is 0.814 bits per heavy atom. The van der Waals surface area contributed by atoms with E-state index in [-0.39, 0.29) is 0 Å². The fraction of sp³-hybridized carbons (Fsp3) is 0.700. The molecule has 3 heteroatoms. The van der Waals surface area contributed by atoms with Crippen molar-refractivity contribution in [1.29, 1.82) is 0 Å². The van der Waals surface area contributed by atoms with Crippen LogP contribution in [0.15, 0.2) is 36.4 Å². The Kier molecular flexibility index (Phi) is 20.5. The molecule has 2 aromatic rings. The van der Waals surface area contributed by atoms with Gasteiger partial charge in [-0.1, -0.05) is 0 Å². The van der Waals surface area contributed by atoms with E-state index < -0.39 is 19.2 Å². The molecule has 2 rings (SSSR count). The molecule has 43 heavy (non-hydrogen) atoms. The Labute approximate surface area is 273 Å². The number of unbranched alkanes of at least 4 members (excludes halogenated alkanes) is 12. The van der Waals surface area contributed by atoms with E-state index in [1.54, 1.807) is 0 Å². The van der Waals surface area contributed by atoms with Gasteiger partial charge in [-0.2, -0.15) is 0 Å². The Hall–Kier alpha value is -1.16. The molecule has 2 aromatic carbocycles. The van der Waals surface area contributed by atoms with E-state index in [4.69, 9.17) is 6.15 Å². The van der Waals surface area contributed by atoms with Crippen LogP contribution >= 0.6 is 0 Å². The van der Waals surface area contributed by atoms with E-state index in [1.165, 1.54) is 125 Å². The van der Waals surface area contributed by atoms with Crippen LogP contribution in [0.2, 0.25) is 8.87 Å². The Morgan fingerprint density at radius 3 is 1.19 bits per heavy atom. The quantitative estimate of drug-likeness (QED) is 0.0719. The van der Waals surface area contributed by atoms with Crippen molar-refractivity contribution in [3.05, 3.63) is 58.7 Å². The third kappa shape index (κ3) is 13.8. The summed E-state index contributed by atoms with van der Waals surface area (Å²) in [6, 6.07) is 13.7. The summed E-state index contributed by atoms with van der Waals surface area (Å²) in [4.78, 5) is 0. The van der Waals surface area contributed by atoms with Crippen molar-refractivity contribution < 1.29 is 6.15 Å². The molecule has 0 radical (unpaired) electrons. The minimum atomic E-state index is -3.64. The van der Waals surface area contributed by atoms with Crippen molar-refractivity contribution in [3.63, 3.8) is 0 Å². The van der Waals surface area contributed by atoms with Gasteiger partial charge in [0.05, 0.1) is 0 Å². The third-order valence-electron chi connectivity index (χ3n) is 9.20. The molecule has 0 saturated heterocycles. The predicted molar refractivity (Wildman–Crippen MR) is 192 cm³/mol. The van der Waals surface area contributed by atoms with Gasteiger partial charge in [-0.3, -0.25) is 0 Å². The van der Waals surface area contributed by atoms with Crippen LogP contribution in [0.3, 0.4) is 0 Å². The average molecular weight is 700 g/mol. The summed E-state index contributed by atoms with van der Waals surface area (Å²) in [5.74, 6) is 2.31. The summed E-state index contributed by atoms with van der Waals surface area (Å²) in [6.45, 7) is 13.8. The van der Waals surface area contributed by atoms with Crippen LogP contribution in [-0.2, 0) is 25.7 Å². The molecule has 0 fully saturated rings. The predicted octanol–water partition coefficient (Wildman–Crippen LogP) is 13.1. The van der Waals surface area contributed by atoms with Crippen molar-refractivity contribution >= 4 is 19.2 Å². The van der Waals surface area contributed by atoms with Gasteiger partial charge in [0.15, 0.2) is 0 Å². The van der Waals surface area contributed by atoms with Gasteiger partial charge in [-0.25, -0.2) is 0 Å². The van der Waals surface area contributed by atoms with Gasteiger partial charge >= 0.3 is 274 Å². The number of rotatable bonds is 26. The van der Waals surface area contributed by atoms with Gasteiger partial charge in [0.1, 0.15) is 0 Å². The molecule has 0 unspecified atom stereocenters. The number of benzene rings is 2. The van der Waals surface area contributed by atoms with E-state index in [0.717, 1.165) is 46.1 Å². The Bertz CT molecular complexity index is 905. The molecule has 0 amide bonds. The average Bonchev–Trinajstić information content (AvgIpc) is 3.02. The molecular weight excluding hydrogens is 631 g/mol. The number of hydrogen-bond acceptors (Lipinski definition) is 2. The van der Waals surface area contributed by atoms with Gasteiger partial charge in [0.25, 0.3) is 0 Å². The second-order valence-electron chi connectivity index (χ2n) is 12.9. The zero-order chi connectivity index (χ0) is 31.2. The molecule has 0 spiro atoms. The Balaban J connectivity index is 2.52. The standard InChI is InChI=1S/2C12H18O.2C8H17.Sn/c2*1-3-5-8-11-10(4-2)7-6-9-12(11)13;2*1-3-5-7-8-6-4-2;/h2*6-7,9,13H,3-5,8H2,1-2H3;2*1,3-8H2,2H3;/q;;;;+2/p-2. The molecule has 0 aromatic heterocycles. The SMILES string of the molecule is CCCCCCC[CH2][Sn]([CH2]CCCCCCC)([O]c1cccc(CC)c1CCCC)[O]c1cccc(CC)c1CCCC. The van der Waals surface area contributed by atoms with Crippen LogP contribution in [0, 0.1) is 0 Å². The minimum absolute atomic E-state index is 1.06. The van der Waals surface area contributed by atoms with Crippen molar-refractivity contribution in [3.8, 4) is 11.5 Å². The van der Waals surface area contributed by atoms with Crippen LogP contribution in [0.1, 0.15) is 167 Å².